The molecule has 17 heteroatoms. The molecule has 0 spiro atoms. The summed E-state index contributed by atoms with van der Waals surface area (Å²) in [5, 5.41) is 11.8. The largest absolute Gasteiger partial charge is 0.0333 e. The van der Waals surface area contributed by atoms with E-state index >= 15 is 0 Å². The molecule has 0 aromatic carbocycles. The Balaban J connectivity index is 1.12. The molecule has 236 valence electrons. The molecule has 6 rings (SSSR count). The number of ether oxygens (including phenoxy) is 1. The van der Waals surface area contributed by atoms with E-state index in [2.05, 4.69) is 25.5 Å². The van der Waals surface area contributed by atoms with E-state index in [-0.39, 0.29) is 29.1 Å². The van der Waals surface area contributed by atoms with E-state index in [1.807, 2.05) is 46.5 Å². The smallest absolute Gasteiger partial charge is 0.0157 e. The molecule has 2 amide bonds. The fraction of sp³-hybridized carbons (Fsp3) is 0.615. The van der Waals surface area contributed by atoms with Gasteiger partial charge in [-0.3, -0.25) is 0 Å². The average molecular weight is 720 g/mol. The number of amides is 2. The number of hydrogen-bond acceptors (Lipinski definition) is 10. The Bertz CT molecular complexity index is 1370. The van der Waals surface area contributed by atoms with Crippen molar-refractivity contribution in [3.63, 3.8) is 0 Å². The van der Waals surface area contributed by atoms with Crippen molar-refractivity contribution in [1.29, 1.82) is 0 Å². The number of aromatic nitrogens is 3. The number of nitrogens with zero attached hydrogens (tertiary/aromatic N) is 9. The predicted octanol–water partition coefficient (Wildman–Crippen LogP) is -2.36. The van der Waals surface area contributed by atoms with E-state index < -0.39 is 46.4 Å². The third kappa shape index (κ3) is 6.78. The normalized spacial score (nSPS) is 23.9. The molecule has 0 aliphatic carbocycles. The maximum Gasteiger partial charge on any atom is 0.0333 e. The molecule has 2 aromatic rings. The quantitative estimate of drug-likeness (QED) is 0.145. The summed E-state index contributed by atoms with van der Waals surface area (Å²) in [6, 6.07) is 3.51. The van der Waals surface area contributed by atoms with Gasteiger partial charge in [-0.1, -0.05) is 0 Å². The van der Waals surface area contributed by atoms with Crippen molar-refractivity contribution in [3.05, 3.63) is 30.2 Å². The summed E-state index contributed by atoms with van der Waals surface area (Å²) >= 11 is -0.827. The maximum atomic E-state index is 12.9. The second-order valence-electron chi connectivity index (χ2n) is 11.2. The Morgan fingerprint density at radius 1 is 1.14 bits per heavy atom. The third-order valence-electron chi connectivity index (χ3n) is 7.94. The number of hydrazine groups is 1. The summed E-state index contributed by atoms with van der Waals surface area (Å²) in [5.74, 6) is 0.0480. The molecule has 2 bridgehead atoms. The van der Waals surface area contributed by atoms with E-state index in [9.17, 15) is 22.8 Å². The number of alkyl halides is 4. The van der Waals surface area contributed by atoms with Crippen LogP contribution in [0.1, 0.15) is 12.8 Å². The first kappa shape index (κ1) is 30.1. The van der Waals surface area contributed by atoms with Gasteiger partial charge in [-0.25, -0.2) is 0 Å². The van der Waals surface area contributed by atoms with Crippen molar-refractivity contribution >= 4 is 29.1 Å². The van der Waals surface area contributed by atoms with Gasteiger partial charge < -0.3 is 4.90 Å². The Morgan fingerprint density at radius 2 is 1.93 bits per heavy atom. The first-order valence-corrected chi connectivity index (χ1v) is 16.4. The molecule has 0 saturated carbocycles. The van der Waals surface area contributed by atoms with Crippen molar-refractivity contribution < 1.29 is 49.0 Å². The van der Waals surface area contributed by atoms with Gasteiger partial charge in [0.2, 0.25) is 0 Å². The van der Waals surface area contributed by atoms with E-state index in [1.165, 1.54) is 0 Å². The summed E-state index contributed by atoms with van der Waals surface area (Å²) < 4.78 is 47.7. The molecule has 13 nitrogen and oxygen atoms in total. The average Bonchev–Trinajstić information content (AvgIpc) is 3.52. The first-order valence-electron chi connectivity index (χ1n) is 14.2. The fourth-order valence-electron chi connectivity index (χ4n) is 5.62. The molecule has 43 heavy (non-hydrogen) atoms. The van der Waals surface area contributed by atoms with Crippen LogP contribution in [0.15, 0.2) is 30.2 Å². The number of fused-ring (bicyclic) bond motifs is 3. The van der Waals surface area contributed by atoms with Gasteiger partial charge in [0.05, 0.1) is 0 Å². The summed E-state index contributed by atoms with van der Waals surface area (Å²) in [7, 11) is 3.98. The number of halogens is 4. The molecule has 2 atom stereocenters. The van der Waals surface area contributed by atoms with E-state index in [0.29, 0.717) is 31.3 Å². The Kier molecular flexibility index (Phi) is 8.58. The standard InChI is InChI=1S/C26H35F3IN10O3/c1-34-8-10-36(11-9-34)23(42)15-37-13-18(12-35(37)2)31-25-32-24-20(4-3-7-39(24)33-25)38-14-19-16-43-17-21(30-38)40(19)22(41)5-6-26(27,28)29/h3-4,7,13,19,21H,5-6,8-12,14-17H2,1-2H3,(H,31,33)/q-1. The van der Waals surface area contributed by atoms with Crippen LogP contribution in [0.25, 0.3) is 5.65 Å². The fourth-order valence-corrected chi connectivity index (χ4v) is 9.21. The third-order valence-corrected chi connectivity index (χ3v) is 11.1. The number of rotatable bonds is 7. The molecular formula is C26H35F3IN10O3-. The number of carbonyl (C=O) groups is 2. The number of hydrogen-bond donors (Lipinski definition) is 1. The van der Waals surface area contributed by atoms with Gasteiger partial charge in [0.15, 0.2) is 0 Å². The van der Waals surface area contributed by atoms with Gasteiger partial charge in [0, 0.05) is 26.2 Å². The van der Waals surface area contributed by atoms with Crippen molar-refractivity contribution in [2.24, 2.45) is 0 Å². The van der Waals surface area contributed by atoms with Crippen LogP contribution >= 0.6 is 0 Å². The Labute approximate surface area is 257 Å². The summed E-state index contributed by atoms with van der Waals surface area (Å²) in [6.07, 6.45) is -2.30. The van der Waals surface area contributed by atoms with Gasteiger partial charge in [0.1, 0.15) is 0 Å². The molecule has 2 unspecified atom stereocenters. The molecule has 4 aliphatic rings. The minimum Gasteiger partial charge on any atom is 0.0157 e. The van der Waals surface area contributed by atoms with Gasteiger partial charge >= 0.3 is 220 Å². The number of carbonyl (C=O) groups excluding carboxylic acids is 2. The zero-order valence-electron chi connectivity index (χ0n) is 24.0. The molecular weight excluding hydrogens is 684 g/mol. The van der Waals surface area contributed by atoms with Crippen LogP contribution in [-0.4, -0.2) is 141 Å². The van der Waals surface area contributed by atoms with E-state index in [0.717, 1.165) is 37.6 Å². The molecule has 1 N–H and O–H groups in total. The monoisotopic (exact) mass is 719 g/mol. The van der Waals surface area contributed by atoms with Crippen LogP contribution in [0.3, 0.4) is 0 Å². The van der Waals surface area contributed by atoms with Crippen LogP contribution in [0.5, 0.6) is 0 Å². The number of piperazine rings is 1. The minimum atomic E-state index is -4.36. The van der Waals surface area contributed by atoms with Gasteiger partial charge in [-0.05, 0) is 7.05 Å². The number of anilines is 2. The van der Waals surface area contributed by atoms with Crippen LogP contribution in [0.2, 0.25) is 0 Å². The van der Waals surface area contributed by atoms with Crippen LogP contribution in [0, 0.1) is 0 Å². The molecule has 4 aliphatic heterocycles. The molecule has 0 radical (unpaired) electrons. The summed E-state index contributed by atoms with van der Waals surface area (Å²) in [5.41, 5.74) is 2.37. The van der Waals surface area contributed by atoms with Crippen LogP contribution < -0.4 is 29.9 Å². The maximum absolute atomic E-state index is 12.9. The van der Waals surface area contributed by atoms with Crippen molar-refractivity contribution in [2.75, 3.05) is 81.6 Å². The summed E-state index contributed by atoms with van der Waals surface area (Å²) in [4.78, 5) is 36.2. The Morgan fingerprint density at radius 3 is 2.67 bits per heavy atom. The Hall–Kier alpha value is -2.90. The van der Waals surface area contributed by atoms with Crippen LogP contribution in [-0.2, 0) is 14.3 Å². The zero-order chi connectivity index (χ0) is 30.3. The number of pyridine rings is 1. The van der Waals surface area contributed by atoms with Gasteiger partial charge in [0.25, 0.3) is 0 Å². The molecule has 3 saturated heterocycles. The van der Waals surface area contributed by atoms with Crippen molar-refractivity contribution in [3.8, 4) is 0 Å². The SMILES string of the molecule is CN1CCN(C(=O)CN2C=C(Nc3nc4c(N5CC6COCC([I-]5)N6C(=O)CCC(F)(F)F)cccn4n3)CN2C)CC1. The molecule has 2 aromatic heterocycles. The topological polar surface area (TPSA) is 105 Å². The first-order chi connectivity index (χ1) is 20.5. The number of likely N-dealkylation sites (N-methyl/N-ethyl adjacent to an activating group) is 2. The predicted molar refractivity (Wildman–Crippen MR) is 146 cm³/mol. The zero-order valence-corrected chi connectivity index (χ0v) is 26.2. The second kappa shape index (κ2) is 12.2. The summed E-state index contributed by atoms with van der Waals surface area (Å²) in [6.45, 7) is 5.10. The van der Waals surface area contributed by atoms with Gasteiger partial charge in [-0.2, -0.15) is 0 Å². The van der Waals surface area contributed by atoms with Crippen LogP contribution in [0.4, 0.5) is 24.8 Å². The number of nitrogens with one attached hydrogen (secondary N) is 1. The second-order valence-corrected chi connectivity index (χ2v) is 14.3. The van der Waals surface area contributed by atoms with E-state index in [4.69, 9.17) is 9.72 Å². The molecule has 6 heterocycles. The van der Waals surface area contributed by atoms with E-state index in [1.54, 1.807) is 9.42 Å². The minimum absolute atomic E-state index is 0.0913. The number of morpholine rings is 1. The van der Waals surface area contributed by atoms with Crippen molar-refractivity contribution in [2.45, 2.75) is 29.1 Å². The van der Waals surface area contributed by atoms with Crippen molar-refractivity contribution in [1.82, 2.24) is 39.3 Å². The van der Waals surface area contributed by atoms with Gasteiger partial charge in [-0.15, -0.1) is 0 Å². The molecule has 3 fully saturated rings.